The molecular formula is C22H23NO3S. The van der Waals surface area contributed by atoms with E-state index in [4.69, 9.17) is 4.74 Å². The number of hydrogen-bond donors (Lipinski definition) is 0. The first-order valence-electron chi connectivity index (χ1n) is 9.12. The summed E-state index contributed by atoms with van der Waals surface area (Å²) in [7, 11) is 0. The van der Waals surface area contributed by atoms with Crippen molar-refractivity contribution in [2.75, 3.05) is 25.4 Å². The first kappa shape index (κ1) is 19.2. The van der Waals surface area contributed by atoms with Crippen LogP contribution < -0.4 is 0 Å². The SMILES string of the molecule is O=C(OC/C=C/c1ccccc1)c1ccccc1SCC(=O)N1CCCC1. The van der Waals surface area contributed by atoms with Crippen LogP contribution in [-0.4, -0.2) is 42.2 Å². The fourth-order valence-electron chi connectivity index (χ4n) is 2.91. The Hall–Kier alpha value is -2.53. The molecule has 0 atom stereocenters. The molecule has 1 heterocycles. The second-order valence-corrected chi connectivity index (χ2v) is 7.30. The smallest absolute Gasteiger partial charge is 0.339 e. The Morgan fingerprint density at radius 1 is 1.00 bits per heavy atom. The maximum Gasteiger partial charge on any atom is 0.339 e. The molecule has 0 bridgehead atoms. The quantitative estimate of drug-likeness (QED) is 0.531. The Labute approximate surface area is 164 Å². The minimum Gasteiger partial charge on any atom is -0.458 e. The van der Waals surface area contributed by atoms with E-state index < -0.39 is 0 Å². The number of benzene rings is 2. The number of nitrogens with zero attached hydrogens (tertiary/aromatic N) is 1. The van der Waals surface area contributed by atoms with Gasteiger partial charge in [-0.05, 0) is 36.6 Å². The molecule has 5 heteroatoms. The summed E-state index contributed by atoms with van der Waals surface area (Å²) in [5, 5.41) is 0. The van der Waals surface area contributed by atoms with Gasteiger partial charge in [0.1, 0.15) is 6.61 Å². The molecule has 2 aromatic rings. The van der Waals surface area contributed by atoms with Crippen LogP contribution >= 0.6 is 11.8 Å². The van der Waals surface area contributed by atoms with Gasteiger partial charge < -0.3 is 9.64 Å². The van der Waals surface area contributed by atoms with E-state index in [2.05, 4.69) is 0 Å². The van der Waals surface area contributed by atoms with E-state index in [1.807, 2.05) is 65.6 Å². The number of ether oxygens (including phenoxy) is 1. The third-order valence-corrected chi connectivity index (χ3v) is 5.40. The molecule has 1 saturated heterocycles. The highest BCUT2D eigenvalue weighted by molar-refractivity contribution is 8.00. The third-order valence-electron chi connectivity index (χ3n) is 4.34. The lowest BCUT2D eigenvalue weighted by molar-refractivity contribution is -0.127. The van der Waals surface area contributed by atoms with Crippen molar-refractivity contribution < 1.29 is 14.3 Å². The monoisotopic (exact) mass is 381 g/mol. The summed E-state index contributed by atoms with van der Waals surface area (Å²) >= 11 is 1.40. The molecule has 4 nitrogen and oxygen atoms in total. The maximum atomic E-state index is 12.4. The van der Waals surface area contributed by atoms with Gasteiger partial charge in [-0.25, -0.2) is 4.79 Å². The highest BCUT2D eigenvalue weighted by Crippen LogP contribution is 2.24. The van der Waals surface area contributed by atoms with Crippen LogP contribution in [0.3, 0.4) is 0 Å². The van der Waals surface area contributed by atoms with Gasteiger partial charge in [0.2, 0.25) is 5.91 Å². The molecule has 0 N–H and O–H groups in total. The number of hydrogen-bond acceptors (Lipinski definition) is 4. The number of carbonyl (C=O) groups excluding carboxylic acids is 2. The lowest BCUT2D eigenvalue weighted by Gasteiger charge is -2.15. The summed E-state index contributed by atoms with van der Waals surface area (Å²) in [4.78, 5) is 27.3. The van der Waals surface area contributed by atoms with Crippen LogP contribution in [0.25, 0.3) is 6.08 Å². The standard InChI is InChI=1S/C22H23NO3S/c24-21(23-14-6-7-15-23)17-27-20-13-5-4-12-19(20)22(25)26-16-8-11-18-9-2-1-3-10-18/h1-5,8-13H,6-7,14-17H2/b11-8+. The molecule has 2 aromatic carbocycles. The first-order valence-corrected chi connectivity index (χ1v) is 10.1. The molecule has 1 fully saturated rings. The Morgan fingerprint density at radius 2 is 1.70 bits per heavy atom. The fraction of sp³-hybridized carbons (Fsp3) is 0.273. The molecule has 0 unspecified atom stereocenters. The summed E-state index contributed by atoms with van der Waals surface area (Å²) in [5.74, 6) is 0.106. The number of rotatable bonds is 7. The van der Waals surface area contributed by atoms with Crippen molar-refractivity contribution in [1.29, 1.82) is 0 Å². The molecule has 3 rings (SSSR count). The lowest BCUT2D eigenvalue weighted by atomic mass is 10.2. The van der Waals surface area contributed by atoms with Crippen LogP contribution in [0.2, 0.25) is 0 Å². The van der Waals surface area contributed by atoms with E-state index in [-0.39, 0.29) is 18.5 Å². The van der Waals surface area contributed by atoms with Crippen molar-refractivity contribution >= 4 is 29.7 Å². The van der Waals surface area contributed by atoms with Crippen LogP contribution in [-0.2, 0) is 9.53 Å². The zero-order chi connectivity index (χ0) is 18.9. The topological polar surface area (TPSA) is 46.6 Å². The van der Waals surface area contributed by atoms with Gasteiger partial charge in [0.05, 0.1) is 11.3 Å². The predicted octanol–water partition coefficient (Wildman–Crippen LogP) is 4.27. The van der Waals surface area contributed by atoms with E-state index in [0.29, 0.717) is 11.3 Å². The van der Waals surface area contributed by atoms with Gasteiger partial charge in [0, 0.05) is 18.0 Å². The van der Waals surface area contributed by atoms with Gasteiger partial charge in [0.15, 0.2) is 0 Å². The zero-order valence-electron chi connectivity index (χ0n) is 15.2. The molecule has 27 heavy (non-hydrogen) atoms. The average molecular weight is 381 g/mol. The number of carbonyl (C=O) groups is 2. The summed E-state index contributed by atoms with van der Waals surface area (Å²) in [6.07, 6.45) is 5.90. The van der Waals surface area contributed by atoms with E-state index in [1.54, 1.807) is 6.07 Å². The molecular weight excluding hydrogens is 358 g/mol. The van der Waals surface area contributed by atoms with Gasteiger partial charge in [-0.15, -0.1) is 11.8 Å². The van der Waals surface area contributed by atoms with Crippen molar-refractivity contribution in [3.05, 3.63) is 71.8 Å². The highest BCUT2D eigenvalue weighted by Gasteiger charge is 2.19. The summed E-state index contributed by atoms with van der Waals surface area (Å²) in [5.41, 5.74) is 1.56. The molecule has 1 amide bonds. The Morgan fingerprint density at radius 3 is 2.48 bits per heavy atom. The minimum absolute atomic E-state index is 0.131. The number of likely N-dealkylation sites (tertiary alicyclic amines) is 1. The zero-order valence-corrected chi connectivity index (χ0v) is 16.0. The summed E-state index contributed by atoms with van der Waals surface area (Å²) in [6.45, 7) is 1.90. The average Bonchev–Trinajstić information content (AvgIpc) is 3.25. The van der Waals surface area contributed by atoms with Crippen molar-refractivity contribution in [1.82, 2.24) is 4.90 Å². The van der Waals surface area contributed by atoms with Crippen LogP contribution in [0.4, 0.5) is 0 Å². The Balaban J connectivity index is 1.53. The molecule has 1 aliphatic heterocycles. The predicted molar refractivity (Wildman–Crippen MR) is 109 cm³/mol. The molecule has 140 valence electrons. The first-order chi connectivity index (χ1) is 13.2. The van der Waals surface area contributed by atoms with Crippen molar-refractivity contribution in [2.45, 2.75) is 17.7 Å². The van der Waals surface area contributed by atoms with Crippen molar-refractivity contribution in [3.8, 4) is 0 Å². The molecule has 0 spiro atoms. The minimum atomic E-state index is -0.371. The van der Waals surface area contributed by atoms with E-state index >= 15 is 0 Å². The normalized spacial score (nSPS) is 13.9. The number of thioether (sulfide) groups is 1. The van der Waals surface area contributed by atoms with Crippen molar-refractivity contribution in [2.24, 2.45) is 0 Å². The largest absolute Gasteiger partial charge is 0.458 e. The second kappa shape index (κ2) is 9.97. The summed E-state index contributed by atoms with van der Waals surface area (Å²) < 4.78 is 5.36. The summed E-state index contributed by atoms with van der Waals surface area (Å²) in [6, 6.07) is 17.1. The molecule has 0 aromatic heterocycles. The van der Waals surface area contributed by atoms with Gasteiger partial charge in [-0.1, -0.05) is 48.5 Å². The second-order valence-electron chi connectivity index (χ2n) is 6.28. The van der Waals surface area contributed by atoms with E-state index in [1.165, 1.54) is 11.8 Å². The number of esters is 1. The lowest BCUT2D eigenvalue weighted by Crippen LogP contribution is -2.29. The van der Waals surface area contributed by atoms with Gasteiger partial charge >= 0.3 is 5.97 Å². The number of amides is 1. The highest BCUT2D eigenvalue weighted by atomic mass is 32.2. The van der Waals surface area contributed by atoms with Gasteiger partial charge in [-0.2, -0.15) is 0 Å². The van der Waals surface area contributed by atoms with E-state index in [0.717, 1.165) is 36.4 Å². The van der Waals surface area contributed by atoms with Gasteiger partial charge in [-0.3, -0.25) is 4.79 Å². The Bertz CT molecular complexity index is 798. The van der Waals surface area contributed by atoms with Crippen molar-refractivity contribution in [3.63, 3.8) is 0 Å². The molecule has 0 aliphatic carbocycles. The van der Waals surface area contributed by atoms with E-state index in [9.17, 15) is 9.59 Å². The molecule has 0 saturated carbocycles. The molecule has 1 aliphatic rings. The van der Waals surface area contributed by atoms with Crippen LogP contribution in [0.15, 0.2) is 65.6 Å². The maximum absolute atomic E-state index is 12.4. The Kier molecular flexibility index (Phi) is 7.11. The molecule has 0 radical (unpaired) electrons. The van der Waals surface area contributed by atoms with Crippen LogP contribution in [0, 0.1) is 0 Å². The third kappa shape index (κ3) is 5.73. The van der Waals surface area contributed by atoms with Crippen LogP contribution in [0.5, 0.6) is 0 Å². The fourth-order valence-corrected chi connectivity index (χ4v) is 3.85. The van der Waals surface area contributed by atoms with Crippen LogP contribution in [0.1, 0.15) is 28.8 Å². The van der Waals surface area contributed by atoms with Gasteiger partial charge in [0.25, 0.3) is 0 Å².